The largest absolute Gasteiger partial charge is 0.300 e. The lowest BCUT2D eigenvalue weighted by Crippen LogP contribution is -2.57. The van der Waals surface area contributed by atoms with Gasteiger partial charge >= 0.3 is 0 Å². The summed E-state index contributed by atoms with van der Waals surface area (Å²) < 4.78 is 0. The van der Waals surface area contributed by atoms with E-state index in [1.54, 1.807) is 0 Å². The van der Waals surface area contributed by atoms with Crippen LogP contribution >= 0.6 is 0 Å². The van der Waals surface area contributed by atoms with Crippen molar-refractivity contribution in [3.05, 3.63) is 0 Å². The van der Waals surface area contributed by atoms with E-state index >= 15 is 0 Å². The summed E-state index contributed by atoms with van der Waals surface area (Å²) in [6.45, 7) is 5.54. The summed E-state index contributed by atoms with van der Waals surface area (Å²) in [5, 5.41) is 0. The van der Waals surface area contributed by atoms with Crippen LogP contribution in [0.2, 0.25) is 0 Å². The van der Waals surface area contributed by atoms with Crippen LogP contribution in [0.1, 0.15) is 46.0 Å². The average Bonchev–Trinajstić information content (AvgIpc) is 2.00. The van der Waals surface area contributed by atoms with Gasteiger partial charge in [0.1, 0.15) is 5.78 Å². The van der Waals surface area contributed by atoms with Gasteiger partial charge in [-0.25, -0.2) is 0 Å². The van der Waals surface area contributed by atoms with Crippen molar-refractivity contribution in [3.63, 3.8) is 0 Å². The van der Waals surface area contributed by atoms with Crippen LogP contribution in [0.5, 0.6) is 0 Å². The van der Waals surface area contributed by atoms with Crippen LogP contribution in [0.25, 0.3) is 0 Å². The van der Waals surface area contributed by atoms with Gasteiger partial charge in [-0.05, 0) is 33.1 Å². The zero-order chi connectivity index (χ0) is 9.47. The molecule has 1 unspecified atom stereocenters. The third-order valence-electron chi connectivity index (χ3n) is 3.81. The van der Waals surface area contributed by atoms with Gasteiger partial charge in [-0.15, -0.1) is 0 Å². The van der Waals surface area contributed by atoms with Gasteiger partial charge in [-0.3, -0.25) is 9.69 Å². The SMILES string of the molecule is CC1CC(=O)CCN1C1(C)CCC1. The van der Waals surface area contributed by atoms with Crippen molar-refractivity contribution in [2.75, 3.05) is 6.54 Å². The molecule has 2 aliphatic rings. The fraction of sp³-hybridized carbons (Fsp3) is 0.909. The van der Waals surface area contributed by atoms with E-state index in [9.17, 15) is 4.79 Å². The van der Waals surface area contributed by atoms with Crippen LogP contribution in [0.3, 0.4) is 0 Å². The molecular formula is C11H19NO. The molecule has 0 amide bonds. The maximum atomic E-state index is 11.2. The summed E-state index contributed by atoms with van der Waals surface area (Å²) in [6, 6.07) is 0.478. The molecule has 1 saturated heterocycles. The monoisotopic (exact) mass is 181 g/mol. The number of ketones is 1. The highest BCUT2D eigenvalue weighted by molar-refractivity contribution is 5.79. The standard InChI is InChI=1S/C11H19NO/c1-9-8-10(13)4-7-12(9)11(2)5-3-6-11/h9H,3-8H2,1-2H3. The van der Waals surface area contributed by atoms with Gasteiger partial charge < -0.3 is 0 Å². The van der Waals surface area contributed by atoms with Crippen molar-refractivity contribution in [2.45, 2.75) is 57.5 Å². The Hall–Kier alpha value is -0.370. The Kier molecular flexibility index (Phi) is 2.18. The maximum Gasteiger partial charge on any atom is 0.135 e. The first-order chi connectivity index (χ1) is 6.12. The molecule has 1 saturated carbocycles. The number of carbonyl (C=O) groups is 1. The highest BCUT2D eigenvalue weighted by Gasteiger charge is 2.41. The van der Waals surface area contributed by atoms with Gasteiger partial charge in [0.2, 0.25) is 0 Å². The summed E-state index contributed by atoms with van der Waals surface area (Å²) in [5.41, 5.74) is 0.431. The summed E-state index contributed by atoms with van der Waals surface area (Å²) in [4.78, 5) is 13.8. The first kappa shape index (κ1) is 9.20. The smallest absolute Gasteiger partial charge is 0.135 e. The minimum Gasteiger partial charge on any atom is -0.300 e. The molecule has 1 aliphatic carbocycles. The number of carbonyl (C=O) groups excluding carboxylic acids is 1. The van der Waals surface area contributed by atoms with Crippen molar-refractivity contribution >= 4 is 5.78 Å². The second-order valence-corrected chi connectivity index (χ2v) is 4.89. The summed E-state index contributed by atoms with van der Waals surface area (Å²) in [6.07, 6.45) is 5.57. The van der Waals surface area contributed by atoms with Gasteiger partial charge in [0.05, 0.1) is 0 Å². The summed E-state index contributed by atoms with van der Waals surface area (Å²) >= 11 is 0. The van der Waals surface area contributed by atoms with Gasteiger partial charge in [-0.1, -0.05) is 0 Å². The zero-order valence-corrected chi connectivity index (χ0v) is 8.68. The Bertz CT molecular complexity index is 220. The zero-order valence-electron chi connectivity index (χ0n) is 8.68. The third kappa shape index (κ3) is 1.52. The van der Waals surface area contributed by atoms with Crippen molar-refractivity contribution in [1.29, 1.82) is 0 Å². The van der Waals surface area contributed by atoms with Crippen molar-refractivity contribution in [2.24, 2.45) is 0 Å². The van der Waals surface area contributed by atoms with E-state index in [1.807, 2.05) is 0 Å². The Labute approximate surface area is 80.3 Å². The molecule has 2 fully saturated rings. The fourth-order valence-electron chi connectivity index (χ4n) is 2.78. The van der Waals surface area contributed by atoms with Crippen molar-refractivity contribution < 1.29 is 4.79 Å². The predicted octanol–water partition coefficient (Wildman–Crippen LogP) is 1.98. The number of likely N-dealkylation sites (tertiary alicyclic amines) is 1. The van der Waals surface area contributed by atoms with Gasteiger partial charge in [0, 0.05) is 31.0 Å². The number of Topliss-reactive ketones (excluding diaryl/α,β-unsaturated/α-hetero) is 1. The molecule has 13 heavy (non-hydrogen) atoms. The van der Waals surface area contributed by atoms with Crippen LogP contribution in [0, 0.1) is 0 Å². The van der Waals surface area contributed by atoms with Crippen LogP contribution in [-0.4, -0.2) is 28.8 Å². The molecule has 0 aromatic heterocycles. The lowest BCUT2D eigenvalue weighted by Gasteiger charge is -2.52. The Balaban J connectivity index is 2.03. The molecule has 0 aromatic carbocycles. The van der Waals surface area contributed by atoms with Gasteiger partial charge in [0.25, 0.3) is 0 Å². The molecule has 2 nitrogen and oxygen atoms in total. The van der Waals surface area contributed by atoms with E-state index in [2.05, 4.69) is 18.7 Å². The van der Waals surface area contributed by atoms with Crippen molar-refractivity contribution in [1.82, 2.24) is 4.90 Å². The predicted molar refractivity (Wildman–Crippen MR) is 52.7 cm³/mol. The molecule has 0 spiro atoms. The maximum absolute atomic E-state index is 11.2. The Morgan fingerprint density at radius 1 is 1.46 bits per heavy atom. The van der Waals surface area contributed by atoms with E-state index in [0.29, 0.717) is 17.4 Å². The van der Waals surface area contributed by atoms with E-state index in [4.69, 9.17) is 0 Å². The normalized spacial score (nSPS) is 34.3. The topological polar surface area (TPSA) is 20.3 Å². The van der Waals surface area contributed by atoms with E-state index < -0.39 is 0 Å². The lowest BCUT2D eigenvalue weighted by atomic mass is 9.75. The molecule has 0 bridgehead atoms. The molecule has 0 aromatic rings. The fourth-order valence-corrected chi connectivity index (χ4v) is 2.78. The highest BCUT2D eigenvalue weighted by atomic mass is 16.1. The van der Waals surface area contributed by atoms with Gasteiger partial charge in [-0.2, -0.15) is 0 Å². The summed E-state index contributed by atoms with van der Waals surface area (Å²) in [7, 11) is 0. The molecule has 1 heterocycles. The van der Waals surface area contributed by atoms with E-state index in [1.165, 1.54) is 19.3 Å². The van der Waals surface area contributed by atoms with Crippen LogP contribution in [-0.2, 0) is 4.79 Å². The van der Waals surface area contributed by atoms with Crippen LogP contribution < -0.4 is 0 Å². The van der Waals surface area contributed by atoms with Crippen LogP contribution in [0.4, 0.5) is 0 Å². The molecule has 74 valence electrons. The van der Waals surface area contributed by atoms with E-state index in [0.717, 1.165) is 19.4 Å². The number of nitrogens with zero attached hydrogens (tertiary/aromatic N) is 1. The molecule has 0 radical (unpaired) electrons. The van der Waals surface area contributed by atoms with Crippen LogP contribution in [0.15, 0.2) is 0 Å². The highest BCUT2D eigenvalue weighted by Crippen LogP contribution is 2.39. The minimum absolute atomic E-state index is 0.431. The molecule has 1 atom stereocenters. The summed E-state index contributed by atoms with van der Waals surface area (Å²) in [5.74, 6) is 0.451. The molecule has 0 N–H and O–H groups in total. The quantitative estimate of drug-likeness (QED) is 0.616. The third-order valence-corrected chi connectivity index (χ3v) is 3.81. The average molecular weight is 181 g/mol. The van der Waals surface area contributed by atoms with Crippen molar-refractivity contribution in [3.8, 4) is 0 Å². The molecule has 1 aliphatic heterocycles. The molecule has 2 heteroatoms. The van der Waals surface area contributed by atoms with E-state index in [-0.39, 0.29) is 0 Å². The first-order valence-electron chi connectivity index (χ1n) is 5.40. The molecule has 2 rings (SSSR count). The Morgan fingerprint density at radius 2 is 2.15 bits per heavy atom. The minimum atomic E-state index is 0.431. The van der Waals surface area contributed by atoms with Gasteiger partial charge in [0.15, 0.2) is 0 Å². The lowest BCUT2D eigenvalue weighted by molar-refractivity contribution is -0.126. The first-order valence-corrected chi connectivity index (χ1v) is 5.40. The number of hydrogen-bond acceptors (Lipinski definition) is 2. The number of piperidine rings is 1. The Morgan fingerprint density at radius 3 is 2.62 bits per heavy atom. The number of hydrogen-bond donors (Lipinski definition) is 0. The second kappa shape index (κ2) is 3.09. The number of rotatable bonds is 1. The second-order valence-electron chi connectivity index (χ2n) is 4.89. The molecular weight excluding hydrogens is 162 g/mol.